The van der Waals surface area contributed by atoms with Crippen molar-refractivity contribution in [2.75, 3.05) is 7.11 Å². The summed E-state index contributed by atoms with van der Waals surface area (Å²) >= 11 is 4.34. The Labute approximate surface area is 85.5 Å². The summed E-state index contributed by atoms with van der Waals surface area (Å²) in [7, 11) is 1.69. The van der Waals surface area contributed by atoms with Crippen molar-refractivity contribution in [1.82, 2.24) is 0 Å². The molecule has 0 aliphatic heterocycles. The zero-order chi connectivity index (χ0) is 9.68. The van der Waals surface area contributed by atoms with Crippen LogP contribution in [-0.2, 0) is 6.42 Å². The fourth-order valence-corrected chi connectivity index (χ4v) is 1.30. The van der Waals surface area contributed by atoms with Crippen LogP contribution in [0.1, 0.15) is 18.9 Å². The van der Waals surface area contributed by atoms with Crippen molar-refractivity contribution in [2.45, 2.75) is 25.0 Å². The molecule has 1 aromatic carbocycles. The molecule has 0 saturated carbocycles. The molecule has 0 radical (unpaired) electrons. The molecule has 0 aliphatic rings. The van der Waals surface area contributed by atoms with E-state index in [0.717, 1.165) is 18.6 Å². The van der Waals surface area contributed by atoms with Gasteiger partial charge in [-0.25, -0.2) is 0 Å². The molecule has 0 amide bonds. The molecule has 0 aromatic heterocycles. The lowest BCUT2D eigenvalue weighted by Crippen LogP contribution is -1.94. The van der Waals surface area contributed by atoms with E-state index in [1.165, 1.54) is 5.56 Å². The van der Waals surface area contributed by atoms with E-state index in [2.05, 4.69) is 31.7 Å². The van der Waals surface area contributed by atoms with Crippen molar-refractivity contribution in [2.24, 2.45) is 0 Å². The maximum atomic E-state index is 5.08. The fraction of sp³-hybridized carbons (Fsp3) is 0.455. The third-order valence-corrected chi connectivity index (χ3v) is 2.27. The molecule has 0 fully saturated rings. The van der Waals surface area contributed by atoms with Gasteiger partial charge in [0.1, 0.15) is 5.75 Å². The number of ether oxygens (including phenoxy) is 1. The van der Waals surface area contributed by atoms with Gasteiger partial charge in [0.2, 0.25) is 0 Å². The Morgan fingerprint density at radius 2 is 1.92 bits per heavy atom. The number of thiol groups is 1. The molecule has 0 saturated heterocycles. The zero-order valence-electron chi connectivity index (χ0n) is 8.16. The highest BCUT2D eigenvalue weighted by Gasteiger charge is 1.97. The first-order valence-corrected chi connectivity index (χ1v) is 5.05. The second kappa shape index (κ2) is 5.18. The molecule has 0 spiro atoms. The zero-order valence-corrected chi connectivity index (χ0v) is 9.05. The molecular weight excluding hydrogens is 180 g/mol. The van der Waals surface area contributed by atoms with Crippen LogP contribution in [0.4, 0.5) is 0 Å². The van der Waals surface area contributed by atoms with Crippen LogP contribution >= 0.6 is 12.6 Å². The van der Waals surface area contributed by atoms with Crippen LogP contribution in [-0.4, -0.2) is 12.4 Å². The van der Waals surface area contributed by atoms with Gasteiger partial charge < -0.3 is 4.74 Å². The molecule has 13 heavy (non-hydrogen) atoms. The van der Waals surface area contributed by atoms with Gasteiger partial charge in [-0.05, 0) is 35.8 Å². The third kappa shape index (κ3) is 3.73. The van der Waals surface area contributed by atoms with E-state index >= 15 is 0 Å². The fourth-order valence-electron chi connectivity index (χ4n) is 1.17. The molecule has 0 aliphatic carbocycles. The molecule has 0 N–H and O–H groups in total. The largest absolute Gasteiger partial charge is 0.497 e. The molecule has 0 bridgehead atoms. The Morgan fingerprint density at radius 1 is 1.31 bits per heavy atom. The van der Waals surface area contributed by atoms with Crippen molar-refractivity contribution in [3.05, 3.63) is 29.8 Å². The lowest BCUT2D eigenvalue weighted by molar-refractivity contribution is 0.414. The monoisotopic (exact) mass is 196 g/mol. The Hall–Kier alpha value is -0.630. The molecule has 1 unspecified atom stereocenters. The van der Waals surface area contributed by atoms with Gasteiger partial charge in [-0.2, -0.15) is 12.6 Å². The summed E-state index contributed by atoms with van der Waals surface area (Å²) in [5, 5.41) is 0.474. The van der Waals surface area contributed by atoms with Gasteiger partial charge >= 0.3 is 0 Å². The van der Waals surface area contributed by atoms with E-state index in [1.54, 1.807) is 7.11 Å². The Morgan fingerprint density at radius 3 is 2.38 bits per heavy atom. The molecule has 2 heteroatoms. The second-order valence-electron chi connectivity index (χ2n) is 3.24. The molecule has 1 aromatic rings. The van der Waals surface area contributed by atoms with Gasteiger partial charge in [0.15, 0.2) is 0 Å². The normalized spacial score (nSPS) is 12.5. The molecule has 1 nitrogen and oxygen atoms in total. The summed E-state index contributed by atoms with van der Waals surface area (Å²) in [4.78, 5) is 0. The van der Waals surface area contributed by atoms with E-state index in [-0.39, 0.29) is 0 Å². The molecule has 0 heterocycles. The van der Waals surface area contributed by atoms with Gasteiger partial charge in [-0.1, -0.05) is 19.1 Å². The van der Waals surface area contributed by atoms with E-state index in [1.807, 2.05) is 12.1 Å². The molecular formula is C11H16OS. The predicted molar refractivity (Wildman–Crippen MR) is 59.8 cm³/mol. The lowest BCUT2D eigenvalue weighted by Gasteiger charge is -2.05. The highest BCUT2D eigenvalue weighted by atomic mass is 32.1. The van der Waals surface area contributed by atoms with Crippen LogP contribution < -0.4 is 4.74 Å². The number of hydrogen-bond acceptors (Lipinski definition) is 2. The minimum absolute atomic E-state index is 0.474. The number of benzene rings is 1. The van der Waals surface area contributed by atoms with Crippen molar-refractivity contribution in [3.63, 3.8) is 0 Å². The summed E-state index contributed by atoms with van der Waals surface area (Å²) in [5.74, 6) is 0.919. The van der Waals surface area contributed by atoms with Crippen LogP contribution in [0.25, 0.3) is 0 Å². The minimum Gasteiger partial charge on any atom is -0.497 e. The summed E-state index contributed by atoms with van der Waals surface area (Å²) < 4.78 is 5.08. The van der Waals surface area contributed by atoms with Crippen molar-refractivity contribution >= 4 is 12.6 Å². The summed E-state index contributed by atoms with van der Waals surface area (Å²) in [5.41, 5.74) is 1.35. The number of hydrogen-bond donors (Lipinski definition) is 1. The Balaban J connectivity index is 2.49. The van der Waals surface area contributed by atoms with E-state index in [0.29, 0.717) is 5.25 Å². The second-order valence-corrected chi connectivity index (χ2v) is 4.12. The van der Waals surface area contributed by atoms with Crippen molar-refractivity contribution in [3.8, 4) is 5.75 Å². The Kier molecular flexibility index (Phi) is 4.16. The topological polar surface area (TPSA) is 9.23 Å². The minimum atomic E-state index is 0.474. The van der Waals surface area contributed by atoms with Gasteiger partial charge in [0, 0.05) is 0 Å². The first-order valence-electron chi connectivity index (χ1n) is 4.53. The number of aryl methyl sites for hydroxylation is 1. The van der Waals surface area contributed by atoms with Crippen LogP contribution in [0.3, 0.4) is 0 Å². The first kappa shape index (κ1) is 10.5. The maximum Gasteiger partial charge on any atom is 0.118 e. The quantitative estimate of drug-likeness (QED) is 0.728. The van der Waals surface area contributed by atoms with Crippen molar-refractivity contribution < 1.29 is 4.74 Å². The average Bonchev–Trinajstić information content (AvgIpc) is 2.15. The first-order chi connectivity index (χ1) is 6.22. The lowest BCUT2D eigenvalue weighted by atomic mass is 10.1. The third-order valence-electron chi connectivity index (χ3n) is 2.01. The highest BCUT2D eigenvalue weighted by molar-refractivity contribution is 7.80. The van der Waals surface area contributed by atoms with Crippen LogP contribution in [0.15, 0.2) is 24.3 Å². The van der Waals surface area contributed by atoms with Gasteiger partial charge in [0.05, 0.1) is 7.11 Å². The van der Waals surface area contributed by atoms with Gasteiger partial charge in [-0.15, -0.1) is 0 Å². The predicted octanol–water partition coefficient (Wildman–Crippen LogP) is 2.95. The van der Waals surface area contributed by atoms with Crippen LogP contribution in [0, 0.1) is 0 Å². The molecule has 72 valence electrons. The number of methoxy groups -OCH3 is 1. The van der Waals surface area contributed by atoms with Gasteiger partial charge in [0.25, 0.3) is 0 Å². The standard InChI is InChI=1S/C11H16OS/c1-9(13)3-4-10-5-7-11(12-2)8-6-10/h5-9,13H,3-4H2,1-2H3. The van der Waals surface area contributed by atoms with Crippen LogP contribution in [0.5, 0.6) is 5.75 Å². The summed E-state index contributed by atoms with van der Waals surface area (Å²) in [6.45, 7) is 2.12. The van der Waals surface area contributed by atoms with E-state index in [4.69, 9.17) is 4.74 Å². The van der Waals surface area contributed by atoms with Crippen molar-refractivity contribution in [1.29, 1.82) is 0 Å². The highest BCUT2D eigenvalue weighted by Crippen LogP contribution is 2.14. The average molecular weight is 196 g/mol. The van der Waals surface area contributed by atoms with E-state index in [9.17, 15) is 0 Å². The Bertz CT molecular complexity index is 241. The van der Waals surface area contributed by atoms with Gasteiger partial charge in [-0.3, -0.25) is 0 Å². The van der Waals surface area contributed by atoms with Crippen LogP contribution in [0.2, 0.25) is 0 Å². The summed E-state index contributed by atoms with van der Waals surface area (Å²) in [6, 6.07) is 8.21. The smallest absolute Gasteiger partial charge is 0.118 e. The van der Waals surface area contributed by atoms with E-state index < -0.39 is 0 Å². The molecule has 1 rings (SSSR count). The summed E-state index contributed by atoms with van der Waals surface area (Å²) in [6.07, 6.45) is 2.21. The number of rotatable bonds is 4. The SMILES string of the molecule is COc1ccc(CCC(C)S)cc1. The molecule has 1 atom stereocenters. The maximum absolute atomic E-state index is 5.08.